The largest absolute Gasteiger partial charge is 0.383 e. The molecule has 7 heteroatoms. The van der Waals surface area contributed by atoms with Crippen LogP contribution in [0.3, 0.4) is 0 Å². The number of nitrogens with zero attached hydrogens (tertiary/aromatic N) is 5. The fourth-order valence-corrected chi connectivity index (χ4v) is 2.57. The molecule has 6 nitrogen and oxygen atoms in total. The van der Waals surface area contributed by atoms with Crippen molar-refractivity contribution in [2.45, 2.75) is 6.92 Å². The van der Waals surface area contributed by atoms with E-state index in [1.54, 1.807) is 47.5 Å². The molecule has 0 atom stereocenters. The van der Waals surface area contributed by atoms with E-state index in [9.17, 15) is 4.79 Å². The number of Topliss-reactive ketones (excluding diaryl/α,β-unsaturated/α-hetero) is 1. The topological polar surface area (TPSA) is 63.9 Å². The van der Waals surface area contributed by atoms with Gasteiger partial charge in [0.1, 0.15) is 0 Å². The van der Waals surface area contributed by atoms with Crippen molar-refractivity contribution in [1.29, 1.82) is 0 Å². The van der Waals surface area contributed by atoms with Gasteiger partial charge in [0, 0.05) is 30.9 Å². The van der Waals surface area contributed by atoms with E-state index in [1.807, 2.05) is 33.2 Å². The highest BCUT2D eigenvalue weighted by Crippen LogP contribution is 2.22. The first-order chi connectivity index (χ1) is 12.5. The molecule has 0 saturated heterocycles. The predicted molar refractivity (Wildman–Crippen MR) is 101 cm³/mol. The lowest BCUT2D eigenvalue weighted by atomic mass is 10.0. The zero-order chi connectivity index (χ0) is 18.7. The van der Waals surface area contributed by atoms with Gasteiger partial charge in [0.15, 0.2) is 11.6 Å². The van der Waals surface area contributed by atoms with Crippen LogP contribution >= 0.6 is 11.6 Å². The Kier molecular flexibility index (Phi) is 5.14. The van der Waals surface area contributed by atoms with Crippen molar-refractivity contribution >= 4 is 23.0 Å². The van der Waals surface area contributed by atoms with Gasteiger partial charge in [0.2, 0.25) is 0 Å². The van der Waals surface area contributed by atoms with Gasteiger partial charge in [0.25, 0.3) is 0 Å². The summed E-state index contributed by atoms with van der Waals surface area (Å²) in [5.74, 6) is 0.218. The smallest absolute Gasteiger partial charge is 0.198 e. The van der Waals surface area contributed by atoms with E-state index in [1.165, 1.54) is 4.68 Å². The number of aromatic nitrogens is 4. The van der Waals surface area contributed by atoms with Crippen molar-refractivity contribution in [2.24, 2.45) is 0 Å². The molecule has 3 rings (SSSR count). The Hall–Kier alpha value is -2.99. The molecule has 0 amide bonds. The zero-order valence-electron chi connectivity index (χ0n) is 14.7. The average molecular weight is 368 g/mol. The fraction of sp³-hybridized carbons (Fsp3) is 0.158. The average Bonchev–Trinajstić information content (AvgIpc) is 3.09. The summed E-state index contributed by atoms with van der Waals surface area (Å²) in [5, 5.41) is 12.5. The Labute approximate surface area is 156 Å². The number of hydrogen-bond acceptors (Lipinski definition) is 5. The summed E-state index contributed by atoms with van der Waals surface area (Å²) >= 11 is 5.95. The molecule has 0 saturated carbocycles. The first-order valence-electron chi connectivity index (χ1n) is 8.00. The number of aryl methyl sites for hydroxylation is 1. The molecule has 2 aromatic carbocycles. The molecule has 3 aromatic rings. The van der Waals surface area contributed by atoms with Crippen LogP contribution in [0.2, 0.25) is 5.02 Å². The van der Waals surface area contributed by atoms with Crippen molar-refractivity contribution in [3.63, 3.8) is 0 Å². The van der Waals surface area contributed by atoms with Crippen molar-refractivity contribution in [3.8, 4) is 5.69 Å². The van der Waals surface area contributed by atoms with Gasteiger partial charge in [-0.25, -0.2) is 0 Å². The third kappa shape index (κ3) is 3.81. The summed E-state index contributed by atoms with van der Waals surface area (Å²) in [6, 6.07) is 14.5. The van der Waals surface area contributed by atoms with Crippen LogP contribution in [0, 0.1) is 6.92 Å². The highest BCUT2D eigenvalue weighted by atomic mass is 35.5. The summed E-state index contributed by atoms with van der Waals surface area (Å²) < 4.78 is 1.53. The molecular formula is C19H18ClN5O. The van der Waals surface area contributed by atoms with Crippen molar-refractivity contribution in [1.82, 2.24) is 25.1 Å². The van der Waals surface area contributed by atoms with Crippen molar-refractivity contribution in [3.05, 3.63) is 76.7 Å². The molecule has 1 heterocycles. The summed E-state index contributed by atoms with van der Waals surface area (Å²) in [6.07, 6.45) is 1.72. The van der Waals surface area contributed by atoms with Gasteiger partial charge >= 0.3 is 0 Å². The Morgan fingerprint density at radius 1 is 1.08 bits per heavy atom. The van der Waals surface area contributed by atoms with Crippen LogP contribution in [0.15, 0.2) is 54.7 Å². The first kappa shape index (κ1) is 17.8. The zero-order valence-corrected chi connectivity index (χ0v) is 15.5. The first-order valence-corrected chi connectivity index (χ1v) is 8.38. The van der Waals surface area contributed by atoms with Crippen LogP contribution in [0.5, 0.6) is 0 Å². The molecule has 0 spiro atoms. The normalized spacial score (nSPS) is 11.5. The van der Waals surface area contributed by atoms with Crippen LogP contribution in [-0.2, 0) is 0 Å². The molecule has 0 aliphatic carbocycles. The number of carbonyl (C=O) groups is 1. The quantitative estimate of drug-likeness (QED) is 0.510. The molecule has 26 heavy (non-hydrogen) atoms. The molecule has 0 aliphatic heterocycles. The van der Waals surface area contributed by atoms with Gasteiger partial charge in [-0.15, -0.1) is 5.10 Å². The van der Waals surface area contributed by atoms with Gasteiger partial charge in [-0.1, -0.05) is 41.4 Å². The lowest BCUT2D eigenvalue weighted by Crippen LogP contribution is -2.13. The standard InChI is InChI=1S/C19H18ClN5O/c1-13-4-6-14(7-5-13)18(26)17(12-24(2)3)19-21-22-23-25(19)16-10-8-15(20)9-11-16/h4-12H,1-3H3/b17-12+. The second-order valence-corrected chi connectivity index (χ2v) is 6.53. The van der Waals surface area contributed by atoms with E-state index in [4.69, 9.17) is 11.6 Å². The third-order valence-electron chi connectivity index (χ3n) is 3.73. The molecular weight excluding hydrogens is 350 g/mol. The molecule has 1 aromatic heterocycles. The SMILES string of the molecule is Cc1ccc(C(=O)/C(=C\N(C)C)c2nnnn2-c2ccc(Cl)cc2)cc1. The molecule has 0 unspecified atom stereocenters. The van der Waals surface area contributed by atoms with E-state index in [0.717, 1.165) is 11.3 Å². The molecule has 0 N–H and O–H groups in total. The number of carbonyl (C=O) groups excluding carboxylic acids is 1. The predicted octanol–water partition coefficient (Wildman–Crippen LogP) is 3.41. The lowest BCUT2D eigenvalue weighted by Gasteiger charge is -2.12. The van der Waals surface area contributed by atoms with Crippen LogP contribution in [0.25, 0.3) is 11.3 Å². The van der Waals surface area contributed by atoms with E-state index in [-0.39, 0.29) is 5.78 Å². The molecule has 132 valence electrons. The summed E-state index contributed by atoms with van der Waals surface area (Å²) in [7, 11) is 3.69. The summed E-state index contributed by atoms with van der Waals surface area (Å²) in [5.41, 5.74) is 2.79. The van der Waals surface area contributed by atoms with Crippen LogP contribution in [0.4, 0.5) is 0 Å². The second kappa shape index (κ2) is 7.49. The van der Waals surface area contributed by atoms with Gasteiger partial charge < -0.3 is 4.90 Å². The minimum atomic E-state index is -0.149. The van der Waals surface area contributed by atoms with E-state index in [0.29, 0.717) is 22.0 Å². The summed E-state index contributed by atoms with van der Waals surface area (Å²) in [4.78, 5) is 14.9. The Balaban J connectivity index is 2.08. The van der Waals surface area contributed by atoms with Crippen LogP contribution < -0.4 is 0 Å². The van der Waals surface area contributed by atoms with Crippen molar-refractivity contribution < 1.29 is 4.79 Å². The molecule has 0 radical (unpaired) electrons. The number of halogens is 1. The van der Waals surface area contributed by atoms with Gasteiger partial charge in [0.05, 0.1) is 11.3 Å². The Morgan fingerprint density at radius 2 is 1.73 bits per heavy atom. The highest BCUT2D eigenvalue weighted by molar-refractivity contribution is 6.30. The van der Waals surface area contributed by atoms with E-state index >= 15 is 0 Å². The van der Waals surface area contributed by atoms with Crippen LogP contribution in [0.1, 0.15) is 21.7 Å². The maximum absolute atomic E-state index is 13.1. The third-order valence-corrected chi connectivity index (χ3v) is 3.98. The minimum Gasteiger partial charge on any atom is -0.383 e. The maximum atomic E-state index is 13.1. The van der Waals surface area contributed by atoms with Gasteiger partial charge in [-0.2, -0.15) is 4.68 Å². The second-order valence-electron chi connectivity index (χ2n) is 6.09. The van der Waals surface area contributed by atoms with E-state index < -0.39 is 0 Å². The number of ketones is 1. The lowest BCUT2D eigenvalue weighted by molar-refractivity contribution is 0.105. The Morgan fingerprint density at radius 3 is 2.35 bits per heavy atom. The van der Waals surface area contributed by atoms with Crippen LogP contribution in [-0.4, -0.2) is 45.0 Å². The van der Waals surface area contributed by atoms with Crippen molar-refractivity contribution in [2.75, 3.05) is 14.1 Å². The molecule has 0 aliphatic rings. The van der Waals surface area contributed by atoms with Gasteiger partial charge in [-0.05, 0) is 41.6 Å². The minimum absolute atomic E-state index is 0.149. The number of tetrazole rings is 1. The van der Waals surface area contributed by atoms with E-state index in [2.05, 4.69) is 15.5 Å². The number of allylic oxidation sites excluding steroid dienone is 1. The Bertz CT molecular complexity index is 943. The molecule has 0 bridgehead atoms. The number of benzene rings is 2. The fourth-order valence-electron chi connectivity index (χ4n) is 2.45. The number of hydrogen-bond donors (Lipinski definition) is 0. The molecule has 0 fully saturated rings. The highest BCUT2D eigenvalue weighted by Gasteiger charge is 2.22. The monoisotopic (exact) mass is 367 g/mol. The summed E-state index contributed by atoms with van der Waals surface area (Å²) in [6.45, 7) is 1.98. The van der Waals surface area contributed by atoms with Gasteiger partial charge in [-0.3, -0.25) is 4.79 Å². The number of rotatable bonds is 5. The maximum Gasteiger partial charge on any atom is 0.198 e.